The minimum Gasteiger partial charge on any atom is -0.374 e. The molecule has 20 heteroatoms. The third-order valence-electron chi connectivity index (χ3n) is 15.3. The molecule has 2 N–H and O–H groups in total. The van der Waals surface area contributed by atoms with Gasteiger partial charge in [0.05, 0.1) is 53.4 Å². The molecular weight excluding hydrogens is 853 g/mol. The number of imidazole rings is 1. The number of hydrogen-bond acceptors (Lipinski definition) is 12. The lowest BCUT2D eigenvalue weighted by Crippen LogP contribution is -2.50. The quantitative estimate of drug-likeness (QED) is 0.183. The molecular formula is C46H57F2N13O5. The molecule has 5 aliphatic heterocycles. The Morgan fingerprint density at radius 1 is 0.924 bits per heavy atom. The Hall–Kier alpha value is -5.73. The van der Waals surface area contributed by atoms with E-state index in [1.165, 1.54) is 10.7 Å². The predicted molar refractivity (Wildman–Crippen MR) is 241 cm³/mol. The van der Waals surface area contributed by atoms with E-state index in [2.05, 4.69) is 46.5 Å². The number of halogens is 2. The summed E-state index contributed by atoms with van der Waals surface area (Å²) in [6, 6.07) is 7.30. The molecule has 5 aromatic rings. The highest BCUT2D eigenvalue weighted by Crippen LogP contribution is 2.37. The zero-order valence-electron chi connectivity index (χ0n) is 37.2. The van der Waals surface area contributed by atoms with Crippen molar-refractivity contribution < 1.29 is 27.9 Å². The number of amides is 3. The first-order chi connectivity index (χ1) is 32.0. The zero-order valence-corrected chi connectivity index (χ0v) is 37.2. The Bertz CT molecular complexity index is 2710. The minimum absolute atomic E-state index is 0.00928. The maximum absolute atomic E-state index is 14.3. The van der Waals surface area contributed by atoms with Crippen LogP contribution in [0.25, 0.3) is 16.7 Å². The van der Waals surface area contributed by atoms with Crippen LogP contribution in [0.2, 0.25) is 0 Å². The van der Waals surface area contributed by atoms with Crippen LogP contribution in [0, 0.1) is 11.8 Å². The molecule has 6 fully saturated rings. The van der Waals surface area contributed by atoms with E-state index in [0.717, 1.165) is 121 Å². The van der Waals surface area contributed by atoms with Gasteiger partial charge in [-0.15, -0.1) is 0 Å². The molecule has 11 rings (SSSR count). The first-order valence-corrected chi connectivity index (χ1v) is 23.7. The molecule has 350 valence electrons. The molecule has 9 heterocycles. The van der Waals surface area contributed by atoms with Crippen LogP contribution < -0.4 is 26.1 Å². The van der Waals surface area contributed by atoms with Gasteiger partial charge in [-0.2, -0.15) is 10.2 Å². The lowest BCUT2D eigenvalue weighted by molar-refractivity contribution is -0.135. The standard InChI is InChI=1S/C46H57F2N13O5/c1-54-41-35(3-2-4-36(41)61(46(54)65)37-9-10-39(62)52-45(37)64)57-14-11-29(12-15-57)24-56-19-17-55(18-20-56)23-28-5-7-30(8-6-28)60-26-34(40(53-60)42(47)48)50-44(63)33-22-49-59-16-13-38(51-43(33)59)58-25-32-21-31(58)27-66-32/h2-4,13,16,22,26,28-32,37,42H,5-12,14-15,17-21,23-25,27H2,1H3,(H,50,63)(H,52,62,64)/t28-,30-,31-,32-,37?/m0/s1. The largest absolute Gasteiger partial charge is 0.374 e. The normalized spacial score (nSPS) is 25.8. The van der Waals surface area contributed by atoms with E-state index in [0.29, 0.717) is 36.0 Å². The van der Waals surface area contributed by atoms with E-state index < -0.39 is 30.0 Å². The van der Waals surface area contributed by atoms with E-state index >= 15 is 0 Å². The number of nitrogens with one attached hydrogen (secondary N) is 2. The van der Waals surface area contributed by atoms with E-state index in [1.54, 1.807) is 33.3 Å². The fraction of sp³-hybridized carbons (Fsp3) is 0.587. The molecule has 1 aliphatic carbocycles. The summed E-state index contributed by atoms with van der Waals surface area (Å²) in [6.45, 7) is 9.38. The summed E-state index contributed by atoms with van der Waals surface area (Å²) in [5.41, 5.74) is 2.43. The SMILES string of the molecule is Cn1c(=O)n(C2CCC(=O)NC2=O)c2cccc(N3CCC(CN4CCN(C[C@H]5CC[C@H](n6cc(NC(=O)c7cnn8ccc(N9C[C@@H]%10C[C@H]9CO%10)nc78)c(C(F)F)n6)CC5)CC4)CC3)c21. The molecule has 2 bridgehead atoms. The summed E-state index contributed by atoms with van der Waals surface area (Å²) in [4.78, 5) is 66.1. The molecule has 1 unspecified atom stereocenters. The maximum Gasteiger partial charge on any atom is 0.329 e. The van der Waals surface area contributed by atoms with E-state index in [1.807, 2.05) is 18.2 Å². The molecule has 5 saturated heterocycles. The number of benzene rings is 1. The van der Waals surface area contributed by atoms with Crippen LogP contribution in [0.3, 0.4) is 0 Å². The first kappa shape index (κ1) is 42.9. The van der Waals surface area contributed by atoms with Crippen molar-refractivity contribution in [1.29, 1.82) is 0 Å². The smallest absolute Gasteiger partial charge is 0.329 e. The summed E-state index contributed by atoms with van der Waals surface area (Å²) >= 11 is 0. The molecule has 6 aliphatic rings. The average molecular weight is 910 g/mol. The number of para-hydroxylation sites is 1. The second-order valence-electron chi connectivity index (χ2n) is 19.3. The van der Waals surface area contributed by atoms with Crippen LogP contribution in [-0.4, -0.2) is 139 Å². The van der Waals surface area contributed by atoms with E-state index in [4.69, 9.17) is 9.72 Å². The van der Waals surface area contributed by atoms with Crippen LogP contribution in [-0.2, 0) is 21.4 Å². The van der Waals surface area contributed by atoms with Gasteiger partial charge in [0.1, 0.15) is 17.4 Å². The Kier molecular flexibility index (Phi) is 11.4. The second-order valence-corrected chi connectivity index (χ2v) is 19.3. The number of ether oxygens (including phenoxy) is 1. The lowest BCUT2D eigenvalue weighted by Gasteiger charge is -2.41. The van der Waals surface area contributed by atoms with Crippen molar-refractivity contribution in [2.45, 2.75) is 88.4 Å². The number of fused-ring (bicyclic) bond motifs is 4. The summed E-state index contributed by atoms with van der Waals surface area (Å²) in [5.74, 6) is 0.570. The number of alkyl halides is 2. The predicted octanol–water partition coefficient (Wildman–Crippen LogP) is 3.99. The number of anilines is 3. The number of aromatic nitrogens is 7. The molecule has 0 radical (unpaired) electrons. The van der Waals surface area contributed by atoms with Crippen molar-refractivity contribution in [3.63, 3.8) is 0 Å². The summed E-state index contributed by atoms with van der Waals surface area (Å²) < 4.78 is 40.8. The van der Waals surface area contributed by atoms with Gasteiger partial charge in [0.2, 0.25) is 11.8 Å². The highest BCUT2D eigenvalue weighted by Gasteiger charge is 2.40. The van der Waals surface area contributed by atoms with Crippen LogP contribution >= 0.6 is 0 Å². The van der Waals surface area contributed by atoms with Gasteiger partial charge in [-0.25, -0.2) is 23.1 Å². The van der Waals surface area contributed by atoms with Gasteiger partial charge in [0.15, 0.2) is 11.3 Å². The Morgan fingerprint density at radius 3 is 2.35 bits per heavy atom. The number of rotatable bonds is 11. The molecule has 0 spiro atoms. The Labute approximate surface area is 379 Å². The monoisotopic (exact) mass is 909 g/mol. The average Bonchev–Trinajstić information content (AvgIpc) is 4.18. The van der Waals surface area contributed by atoms with Gasteiger partial charge < -0.3 is 29.7 Å². The van der Waals surface area contributed by atoms with Crippen LogP contribution in [0.5, 0.6) is 0 Å². The van der Waals surface area contributed by atoms with Crippen LogP contribution in [0.15, 0.2) is 47.7 Å². The molecule has 18 nitrogen and oxygen atoms in total. The lowest BCUT2D eigenvalue weighted by atomic mass is 9.85. The van der Waals surface area contributed by atoms with Crippen LogP contribution in [0.1, 0.15) is 92.3 Å². The fourth-order valence-electron chi connectivity index (χ4n) is 11.6. The van der Waals surface area contributed by atoms with Crippen molar-refractivity contribution in [2.75, 3.05) is 80.6 Å². The number of piperidine rings is 2. The van der Waals surface area contributed by atoms with Crippen molar-refractivity contribution >= 4 is 51.6 Å². The van der Waals surface area contributed by atoms with Gasteiger partial charge in [-0.3, -0.25) is 33.5 Å². The van der Waals surface area contributed by atoms with Crippen molar-refractivity contribution in [3.8, 4) is 0 Å². The summed E-state index contributed by atoms with van der Waals surface area (Å²) in [7, 11) is 1.76. The van der Waals surface area contributed by atoms with Gasteiger partial charge in [0.25, 0.3) is 12.3 Å². The van der Waals surface area contributed by atoms with Crippen molar-refractivity contribution in [2.24, 2.45) is 18.9 Å². The number of imide groups is 1. The number of nitrogens with zero attached hydrogens (tertiary/aromatic N) is 11. The third kappa shape index (κ3) is 8.03. The van der Waals surface area contributed by atoms with Gasteiger partial charge in [-0.05, 0) is 81.4 Å². The Morgan fingerprint density at radius 2 is 1.67 bits per heavy atom. The molecule has 1 saturated carbocycles. The summed E-state index contributed by atoms with van der Waals surface area (Å²) in [6.07, 6.45) is 9.31. The molecule has 3 atom stereocenters. The maximum atomic E-state index is 14.3. The van der Waals surface area contributed by atoms with Gasteiger partial charge >= 0.3 is 5.69 Å². The molecule has 4 aromatic heterocycles. The van der Waals surface area contributed by atoms with Gasteiger partial charge in [0, 0.05) is 84.8 Å². The first-order valence-electron chi connectivity index (χ1n) is 23.7. The minimum atomic E-state index is -2.85. The van der Waals surface area contributed by atoms with E-state index in [-0.39, 0.29) is 47.5 Å². The second kappa shape index (κ2) is 17.5. The number of carbonyl (C=O) groups excluding carboxylic acids is 3. The number of piperazine rings is 1. The summed E-state index contributed by atoms with van der Waals surface area (Å²) in [5, 5.41) is 13.7. The molecule has 3 amide bonds. The third-order valence-corrected chi connectivity index (χ3v) is 15.3. The molecule has 66 heavy (non-hydrogen) atoms. The fourth-order valence-corrected chi connectivity index (χ4v) is 11.6. The highest BCUT2D eigenvalue weighted by atomic mass is 19.3. The number of carbonyl (C=O) groups is 3. The number of hydrogen-bond donors (Lipinski definition) is 2. The van der Waals surface area contributed by atoms with Crippen molar-refractivity contribution in [1.82, 2.24) is 48.6 Å². The van der Waals surface area contributed by atoms with Gasteiger partial charge in [-0.1, -0.05) is 6.07 Å². The van der Waals surface area contributed by atoms with Crippen LogP contribution in [0.4, 0.5) is 26.0 Å². The van der Waals surface area contributed by atoms with Crippen molar-refractivity contribution in [3.05, 3.63) is 64.6 Å². The highest BCUT2D eigenvalue weighted by molar-refractivity contribution is 6.08. The van der Waals surface area contributed by atoms with E-state index in [9.17, 15) is 28.0 Å². The number of morpholine rings is 1. The number of aryl methyl sites for hydroxylation is 1. The molecule has 1 aromatic carbocycles. The topological polar surface area (TPSA) is 172 Å². The zero-order chi connectivity index (χ0) is 45.2. The Balaban J connectivity index is 0.646.